The Hall–Kier alpha value is -2.24. The Morgan fingerprint density at radius 2 is 1.86 bits per heavy atom. The van der Waals surface area contributed by atoms with E-state index in [0.717, 1.165) is 5.56 Å². The van der Waals surface area contributed by atoms with Crippen LogP contribution in [0.15, 0.2) is 54.8 Å². The van der Waals surface area contributed by atoms with Crippen LogP contribution in [0.5, 0.6) is 0 Å². The second kappa shape index (κ2) is 4.65. The molecule has 21 heavy (non-hydrogen) atoms. The van der Waals surface area contributed by atoms with Gasteiger partial charge < -0.3 is 9.47 Å². The van der Waals surface area contributed by atoms with Crippen molar-refractivity contribution < 1.29 is 9.47 Å². The van der Waals surface area contributed by atoms with E-state index in [1.165, 1.54) is 10.8 Å². The normalized spacial score (nSPS) is 23.8. The number of benzene rings is 2. The summed E-state index contributed by atoms with van der Waals surface area (Å²) in [4.78, 5) is 0. The van der Waals surface area contributed by atoms with E-state index in [1.807, 2.05) is 32.0 Å². The van der Waals surface area contributed by atoms with Crippen LogP contribution < -0.4 is 0 Å². The van der Waals surface area contributed by atoms with E-state index < -0.39 is 11.4 Å². The maximum atomic E-state index is 5.99. The molecule has 0 N–H and O–H groups in total. The Kier molecular flexibility index (Phi) is 3.04. The van der Waals surface area contributed by atoms with Crippen LogP contribution in [0.3, 0.4) is 0 Å². The van der Waals surface area contributed by atoms with Crippen molar-refractivity contribution in [2.75, 3.05) is 0 Å². The van der Waals surface area contributed by atoms with E-state index in [4.69, 9.17) is 15.9 Å². The van der Waals surface area contributed by atoms with E-state index in [2.05, 4.69) is 36.8 Å². The van der Waals surface area contributed by atoms with Crippen molar-refractivity contribution in [3.8, 4) is 12.3 Å². The van der Waals surface area contributed by atoms with Crippen LogP contribution >= 0.6 is 0 Å². The first-order valence-electron chi connectivity index (χ1n) is 6.99. The van der Waals surface area contributed by atoms with Gasteiger partial charge in [0.15, 0.2) is 5.60 Å². The lowest BCUT2D eigenvalue weighted by Gasteiger charge is -2.23. The summed E-state index contributed by atoms with van der Waals surface area (Å²) in [6.45, 7) is 7.66. The highest BCUT2D eigenvalue weighted by Crippen LogP contribution is 2.41. The van der Waals surface area contributed by atoms with Crippen molar-refractivity contribution >= 4 is 10.8 Å². The van der Waals surface area contributed by atoms with E-state index in [9.17, 15) is 0 Å². The van der Waals surface area contributed by atoms with Gasteiger partial charge in [-0.1, -0.05) is 55.0 Å². The SMILES string of the molecule is C#CC1(Cc2cccc3ccccc23)OC(C)(C)OC1=C. The molecule has 0 radical (unpaired) electrons. The van der Waals surface area contributed by atoms with Crippen LogP contribution in [0.25, 0.3) is 10.8 Å². The molecule has 1 heterocycles. The van der Waals surface area contributed by atoms with Gasteiger partial charge in [-0.25, -0.2) is 0 Å². The van der Waals surface area contributed by atoms with Crippen molar-refractivity contribution in [3.63, 3.8) is 0 Å². The van der Waals surface area contributed by atoms with Crippen LogP contribution in [0.4, 0.5) is 0 Å². The molecule has 3 rings (SSSR count). The molecule has 2 heteroatoms. The van der Waals surface area contributed by atoms with Gasteiger partial charge in [-0.2, -0.15) is 0 Å². The number of ether oxygens (including phenoxy) is 2. The second-order valence-electron chi connectivity index (χ2n) is 5.81. The van der Waals surface area contributed by atoms with Gasteiger partial charge in [0.2, 0.25) is 5.79 Å². The first-order chi connectivity index (χ1) is 9.96. The summed E-state index contributed by atoms with van der Waals surface area (Å²) in [5, 5.41) is 2.36. The van der Waals surface area contributed by atoms with E-state index in [-0.39, 0.29) is 0 Å². The number of terminal acetylenes is 1. The maximum Gasteiger partial charge on any atom is 0.206 e. The molecule has 2 nitrogen and oxygen atoms in total. The second-order valence-corrected chi connectivity index (χ2v) is 5.81. The van der Waals surface area contributed by atoms with Crippen LogP contribution in [0.1, 0.15) is 19.4 Å². The molecule has 0 bridgehead atoms. The minimum absolute atomic E-state index is 0.503. The standard InChI is InChI=1S/C19H18O2/c1-5-19(14(2)20-18(3,4)21-19)13-16-11-8-10-15-9-6-7-12-17(15)16/h1,6-12H,2,13H2,3-4H3. The Bertz CT molecular complexity index is 746. The maximum absolute atomic E-state index is 5.99. The Morgan fingerprint density at radius 3 is 2.52 bits per heavy atom. The summed E-state index contributed by atoms with van der Waals surface area (Å²) in [6, 6.07) is 14.4. The molecule has 106 valence electrons. The summed E-state index contributed by atoms with van der Waals surface area (Å²) in [6.07, 6.45) is 6.31. The molecule has 1 aliphatic heterocycles. The zero-order valence-corrected chi connectivity index (χ0v) is 12.3. The average Bonchev–Trinajstić information content (AvgIpc) is 2.69. The van der Waals surface area contributed by atoms with Crippen LogP contribution in [-0.2, 0) is 15.9 Å². The molecular formula is C19H18O2. The Labute approximate surface area is 125 Å². The first kappa shape index (κ1) is 13.7. The smallest absolute Gasteiger partial charge is 0.206 e. The fourth-order valence-corrected chi connectivity index (χ4v) is 2.89. The monoisotopic (exact) mass is 278 g/mol. The third-order valence-electron chi connectivity index (χ3n) is 3.79. The van der Waals surface area contributed by atoms with E-state index in [1.54, 1.807) is 0 Å². The van der Waals surface area contributed by atoms with Crippen LogP contribution in [0.2, 0.25) is 0 Å². The fourth-order valence-electron chi connectivity index (χ4n) is 2.89. The van der Waals surface area contributed by atoms with Crippen LogP contribution in [0, 0.1) is 12.3 Å². The highest BCUT2D eigenvalue weighted by atomic mass is 16.8. The molecule has 0 aliphatic carbocycles. The van der Waals surface area contributed by atoms with Gasteiger partial charge in [0, 0.05) is 20.3 Å². The third-order valence-corrected chi connectivity index (χ3v) is 3.79. The molecule has 1 atom stereocenters. The van der Waals surface area contributed by atoms with Gasteiger partial charge in [-0.15, -0.1) is 6.42 Å². The fraction of sp³-hybridized carbons (Fsp3) is 0.263. The lowest BCUT2D eigenvalue weighted by Crippen LogP contribution is -2.34. The largest absolute Gasteiger partial charge is 0.464 e. The highest BCUT2D eigenvalue weighted by Gasteiger charge is 2.48. The quantitative estimate of drug-likeness (QED) is 0.772. The van der Waals surface area contributed by atoms with Gasteiger partial charge >= 0.3 is 0 Å². The topological polar surface area (TPSA) is 18.5 Å². The molecule has 1 saturated heterocycles. The predicted molar refractivity (Wildman–Crippen MR) is 84.6 cm³/mol. The molecule has 0 spiro atoms. The van der Waals surface area contributed by atoms with Crippen molar-refractivity contribution in [3.05, 3.63) is 60.4 Å². The molecule has 2 aromatic carbocycles. The number of hydrogen-bond acceptors (Lipinski definition) is 2. The van der Waals surface area contributed by atoms with Gasteiger partial charge in [-0.3, -0.25) is 0 Å². The van der Waals surface area contributed by atoms with E-state index in [0.29, 0.717) is 12.2 Å². The minimum Gasteiger partial charge on any atom is -0.464 e. The Balaban J connectivity index is 2.05. The van der Waals surface area contributed by atoms with Gasteiger partial charge in [0.05, 0.1) is 0 Å². The van der Waals surface area contributed by atoms with Gasteiger partial charge in [0.25, 0.3) is 0 Å². The predicted octanol–water partition coefficient (Wildman–Crippen LogP) is 4.05. The number of rotatable bonds is 2. The first-order valence-corrected chi connectivity index (χ1v) is 6.99. The highest BCUT2D eigenvalue weighted by molar-refractivity contribution is 5.85. The average molecular weight is 278 g/mol. The van der Waals surface area contributed by atoms with E-state index >= 15 is 0 Å². The molecule has 1 unspecified atom stereocenters. The van der Waals surface area contributed by atoms with Crippen molar-refractivity contribution in [1.29, 1.82) is 0 Å². The molecule has 1 aliphatic rings. The molecule has 2 aromatic rings. The molecule has 0 saturated carbocycles. The van der Waals surface area contributed by atoms with Crippen LogP contribution in [-0.4, -0.2) is 11.4 Å². The molecule has 0 amide bonds. The number of hydrogen-bond donors (Lipinski definition) is 0. The zero-order chi connectivity index (χ0) is 15.1. The lowest BCUT2D eigenvalue weighted by molar-refractivity contribution is -0.146. The summed E-state index contributed by atoms with van der Waals surface area (Å²) in [7, 11) is 0. The molecule has 0 aromatic heterocycles. The van der Waals surface area contributed by atoms with Crippen molar-refractivity contribution in [2.45, 2.75) is 31.7 Å². The van der Waals surface area contributed by atoms with Gasteiger partial charge in [-0.05, 0) is 16.3 Å². The van der Waals surface area contributed by atoms with Crippen molar-refractivity contribution in [2.24, 2.45) is 0 Å². The molecular weight excluding hydrogens is 260 g/mol. The molecule has 1 fully saturated rings. The Morgan fingerprint density at radius 1 is 1.14 bits per heavy atom. The lowest BCUT2D eigenvalue weighted by atomic mass is 9.91. The number of fused-ring (bicyclic) bond motifs is 1. The summed E-state index contributed by atoms with van der Waals surface area (Å²) >= 11 is 0. The summed E-state index contributed by atoms with van der Waals surface area (Å²) in [5.41, 5.74) is 0.224. The summed E-state index contributed by atoms with van der Waals surface area (Å²) < 4.78 is 11.7. The van der Waals surface area contributed by atoms with Gasteiger partial charge in [0.1, 0.15) is 5.76 Å². The summed E-state index contributed by atoms with van der Waals surface area (Å²) in [5.74, 6) is 2.51. The minimum atomic E-state index is -0.909. The van der Waals surface area contributed by atoms with Crippen molar-refractivity contribution in [1.82, 2.24) is 0 Å². The third kappa shape index (κ3) is 2.30. The zero-order valence-electron chi connectivity index (χ0n) is 12.3.